The van der Waals surface area contributed by atoms with E-state index in [-0.39, 0.29) is 29.8 Å². The summed E-state index contributed by atoms with van der Waals surface area (Å²) < 4.78 is 25.8. The lowest BCUT2D eigenvalue weighted by molar-refractivity contribution is -0.136. The van der Waals surface area contributed by atoms with Gasteiger partial charge in [0.05, 0.1) is 11.5 Å². The van der Waals surface area contributed by atoms with Crippen molar-refractivity contribution in [1.82, 2.24) is 9.80 Å². The summed E-state index contributed by atoms with van der Waals surface area (Å²) in [6.07, 6.45) is 2.33. The van der Waals surface area contributed by atoms with E-state index in [2.05, 4.69) is 22.0 Å². The van der Waals surface area contributed by atoms with Gasteiger partial charge in [-0.15, -0.1) is 0 Å². The zero-order valence-electron chi connectivity index (χ0n) is 21.7. The zero-order chi connectivity index (χ0) is 28.2. The van der Waals surface area contributed by atoms with Crippen LogP contribution in [-0.4, -0.2) is 46.5 Å². The molecule has 206 valence electrons. The quantitative estimate of drug-likeness (QED) is 0.278. The number of benzene rings is 3. The van der Waals surface area contributed by atoms with Gasteiger partial charge in [0.15, 0.2) is 11.5 Å². The van der Waals surface area contributed by atoms with Crippen molar-refractivity contribution in [3.8, 4) is 11.5 Å². The molecule has 0 radical (unpaired) electrons. The second-order valence-electron chi connectivity index (χ2n) is 9.27. The maximum absolute atomic E-state index is 13.5. The Morgan fingerprint density at radius 2 is 1.82 bits per heavy atom. The molecule has 0 spiro atoms. The summed E-state index contributed by atoms with van der Waals surface area (Å²) in [7, 11) is 0. The topological polar surface area (TPSA) is 76.2 Å². The minimum absolute atomic E-state index is 0.138. The number of rotatable bonds is 8. The van der Waals surface area contributed by atoms with E-state index < -0.39 is 11.1 Å². The van der Waals surface area contributed by atoms with Crippen LogP contribution in [0.5, 0.6) is 11.5 Å². The summed E-state index contributed by atoms with van der Waals surface area (Å²) in [5.41, 5.74) is 3.56. The summed E-state index contributed by atoms with van der Waals surface area (Å²) in [6.45, 7) is 3.05. The molecule has 0 bridgehead atoms. The molecule has 5 rings (SSSR count). The smallest absolute Gasteiger partial charge is 0.294 e. The molecule has 3 aromatic rings. The molecule has 0 saturated carbocycles. The molecular weight excluding hydrogens is 599 g/mol. The molecule has 7 nitrogen and oxygen atoms in total. The van der Waals surface area contributed by atoms with E-state index >= 15 is 0 Å². The van der Waals surface area contributed by atoms with E-state index in [4.69, 9.17) is 9.47 Å². The Balaban J connectivity index is 1.30. The molecule has 3 aromatic carbocycles. The summed E-state index contributed by atoms with van der Waals surface area (Å²) in [5.74, 6) is -0.251. The number of halogens is 2. The maximum Gasteiger partial charge on any atom is 0.294 e. The molecule has 0 aliphatic carbocycles. The first kappa shape index (κ1) is 27.9. The van der Waals surface area contributed by atoms with Gasteiger partial charge >= 0.3 is 0 Å². The minimum Gasteiger partial charge on any atom is -0.490 e. The van der Waals surface area contributed by atoms with Crippen molar-refractivity contribution < 1.29 is 28.2 Å². The van der Waals surface area contributed by atoms with Gasteiger partial charge < -0.3 is 14.4 Å². The van der Waals surface area contributed by atoms with Crippen LogP contribution in [0.4, 0.5) is 9.18 Å². The van der Waals surface area contributed by atoms with Gasteiger partial charge in [0, 0.05) is 17.6 Å². The number of nitrogens with zero attached hydrogens (tertiary/aromatic N) is 2. The van der Waals surface area contributed by atoms with Crippen LogP contribution in [0.2, 0.25) is 0 Å². The number of fused-ring (bicyclic) bond motifs is 1. The van der Waals surface area contributed by atoms with E-state index in [1.54, 1.807) is 35.2 Å². The zero-order valence-corrected chi connectivity index (χ0v) is 24.1. The van der Waals surface area contributed by atoms with E-state index in [1.807, 2.05) is 25.1 Å². The monoisotopic (exact) mass is 624 g/mol. The largest absolute Gasteiger partial charge is 0.490 e. The Hall–Kier alpha value is -3.63. The van der Waals surface area contributed by atoms with Crippen LogP contribution in [0.3, 0.4) is 0 Å². The lowest BCUT2D eigenvalue weighted by atomic mass is 10.00. The molecule has 10 heteroatoms. The molecule has 2 aliphatic heterocycles. The third kappa shape index (κ3) is 6.23. The maximum atomic E-state index is 13.5. The molecule has 1 saturated heterocycles. The Morgan fingerprint density at radius 1 is 1.05 bits per heavy atom. The Labute approximate surface area is 244 Å². The van der Waals surface area contributed by atoms with Gasteiger partial charge in [0.25, 0.3) is 11.1 Å². The number of carbonyl (C=O) groups excluding carboxylic acids is 3. The number of thioether (sulfide) groups is 1. The van der Waals surface area contributed by atoms with Gasteiger partial charge in [-0.2, -0.15) is 0 Å². The predicted octanol–water partition coefficient (Wildman–Crippen LogP) is 6.19. The summed E-state index contributed by atoms with van der Waals surface area (Å²) in [6, 6.07) is 17.5. The fraction of sp³-hybridized carbons (Fsp3) is 0.233. The lowest BCUT2D eigenvalue weighted by Crippen LogP contribution is -2.44. The highest BCUT2D eigenvalue weighted by atomic mass is 79.9. The van der Waals surface area contributed by atoms with Crippen molar-refractivity contribution in [2.75, 3.05) is 19.7 Å². The first-order chi connectivity index (χ1) is 19.3. The second-order valence-corrected chi connectivity index (χ2v) is 11.1. The highest BCUT2D eigenvalue weighted by Crippen LogP contribution is 2.38. The summed E-state index contributed by atoms with van der Waals surface area (Å²) in [5, 5.41) is -0.488. The van der Waals surface area contributed by atoms with Crippen LogP contribution in [0.15, 0.2) is 70.0 Å². The Kier molecular flexibility index (Phi) is 8.56. The molecule has 0 atom stereocenters. The van der Waals surface area contributed by atoms with Gasteiger partial charge in [0.1, 0.15) is 19.0 Å². The van der Waals surface area contributed by atoms with Crippen molar-refractivity contribution >= 4 is 50.8 Å². The average molecular weight is 626 g/mol. The van der Waals surface area contributed by atoms with Crippen LogP contribution < -0.4 is 9.47 Å². The van der Waals surface area contributed by atoms with Crippen molar-refractivity contribution in [3.05, 3.63) is 98.1 Å². The molecule has 0 N–H and O–H groups in total. The first-order valence-electron chi connectivity index (χ1n) is 12.8. The molecule has 40 heavy (non-hydrogen) atoms. The highest BCUT2D eigenvalue weighted by Gasteiger charge is 2.37. The van der Waals surface area contributed by atoms with Crippen LogP contribution in [-0.2, 0) is 29.2 Å². The summed E-state index contributed by atoms with van der Waals surface area (Å²) in [4.78, 5) is 41.8. The van der Waals surface area contributed by atoms with Gasteiger partial charge in [-0.3, -0.25) is 19.3 Å². The third-order valence-electron chi connectivity index (χ3n) is 6.58. The Morgan fingerprint density at radius 3 is 2.60 bits per heavy atom. The van der Waals surface area contributed by atoms with Crippen LogP contribution in [0.1, 0.15) is 29.2 Å². The number of ether oxygens (including phenoxy) is 2. The van der Waals surface area contributed by atoms with Gasteiger partial charge in [-0.05, 0) is 77.7 Å². The molecule has 1 fully saturated rings. The van der Waals surface area contributed by atoms with Crippen molar-refractivity contribution in [3.63, 3.8) is 0 Å². The van der Waals surface area contributed by atoms with E-state index in [0.29, 0.717) is 46.8 Å². The van der Waals surface area contributed by atoms with E-state index in [9.17, 15) is 18.8 Å². The fourth-order valence-corrected chi connectivity index (χ4v) is 5.82. The molecule has 2 heterocycles. The van der Waals surface area contributed by atoms with E-state index in [0.717, 1.165) is 28.6 Å². The molecule has 0 unspecified atom stereocenters. The number of hydrogen-bond donors (Lipinski definition) is 0. The summed E-state index contributed by atoms with van der Waals surface area (Å²) >= 11 is 4.31. The first-order valence-corrected chi connectivity index (χ1v) is 14.4. The standard InChI is InChI=1S/C30H26BrFN2O5S/c1-2-38-25-13-22(24(31)15-26(25)39-18-19-6-5-9-23(32)12-19)14-27-29(36)34(30(37)40-27)17-28(35)33-11-10-20-7-3-4-8-21(20)16-33/h3-9,12-15H,2,10-11,16-18H2,1H3/b27-14-. The number of imide groups is 1. The normalized spacial score (nSPS) is 15.9. The van der Waals surface area contributed by atoms with Crippen molar-refractivity contribution in [2.24, 2.45) is 0 Å². The second kappa shape index (κ2) is 12.3. The number of amides is 3. The average Bonchev–Trinajstić information content (AvgIpc) is 3.21. The number of hydrogen-bond acceptors (Lipinski definition) is 6. The molecule has 3 amide bonds. The van der Waals surface area contributed by atoms with E-state index in [1.165, 1.54) is 17.7 Å². The fourth-order valence-electron chi connectivity index (χ4n) is 4.55. The third-order valence-corrected chi connectivity index (χ3v) is 8.18. The van der Waals surface area contributed by atoms with Gasteiger partial charge in [-0.25, -0.2) is 4.39 Å². The lowest BCUT2D eigenvalue weighted by Gasteiger charge is -2.29. The highest BCUT2D eigenvalue weighted by molar-refractivity contribution is 9.10. The SMILES string of the molecule is CCOc1cc(/C=C2\SC(=O)N(CC(=O)N3CCc4ccccc4C3)C2=O)c(Br)cc1OCc1cccc(F)c1. The van der Waals surface area contributed by atoms with Crippen molar-refractivity contribution in [1.29, 1.82) is 0 Å². The van der Waals surface area contributed by atoms with Crippen LogP contribution in [0, 0.1) is 5.82 Å². The Bertz CT molecular complexity index is 1510. The minimum atomic E-state index is -0.517. The van der Waals surface area contributed by atoms with Crippen LogP contribution in [0.25, 0.3) is 6.08 Å². The molecule has 2 aliphatic rings. The van der Waals surface area contributed by atoms with Crippen molar-refractivity contribution in [2.45, 2.75) is 26.5 Å². The predicted molar refractivity (Wildman–Crippen MR) is 154 cm³/mol. The van der Waals surface area contributed by atoms with Gasteiger partial charge in [-0.1, -0.05) is 52.3 Å². The molecular formula is C30H26BrFN2O5S. The molecule has 0 aromatic heterocycles. The van der Waals surface area contributed by atoms with Gasteiger partial charge in [0.2, 0.25) is 5.91 Å². The number of carbonyl (C=O) groups is 3. The van der Waals surface area contributed by atoms with Crippen LogP contribution >= 0.6 is 27.7 Å².